The summed E-state index contributed by atoms with van der Waals surface area (Å²) in [5, 5.41) is 3.54. The van der Waals surface area contributed by atoms with Crippen molar-refractivity contribution in [2.45, 2.75) is 52.0 Å². The zero-order chi connectivity index (χ0) is 12.3. The Hall–Kier alpha value is -0.0800. The standard InChI is InChI=1S/C15H30N2/c1-12-6-4-7-13(2)15(12)17(3)11-14-8-5-9-16-10-14/h12-16H,4-11H2,1-3H3. The number of rotatable bonds is 3. The Kier molecular flexibility index (Phi) is 4.87. The molecule has 0 aromatic carbocycles. The van der Waals surface area contributed by atoms with Crippen LogP contribution in [-0.2, 0) is 0 Å². The Morgan fingerprint density at radius 3 is 2.35 bits per heavy atom. The molecule has 17 heavy (non-hydrogen) atoms. The molecule has 0 radical (unpaired) electrons. The molecule has 1 saturated heterocycles. The smallest absolute Gasteiger partial charge is 0.0144 e. The SMILES string of the molecule is CC1CCCC(C)C1N(C)CC1CCCNC1. The van der Waals surface area contributed by atoms with Gasteiger partial charge in [0, 0.05) is 12.6 Å². The molecule has 2 heteroatoms. The first-order chi connectivity index (χ1) is 8.18. The number of nitrogens with one attached hydrogen (secondary N) is 1. The summed E-state index contributed by atoms with van der Waals surface area (Å²) in [5.41, 5.74) is 0. The van der Waals surface area contributed by atoms with Gasteiger partial charge in [0.25, 0.3) is 0 Å². The summed E-state index contributed by atoms with van der Waals surface area (Å²) in [6.07, 6.45) is 7.10. The Labute approximate surface area is 107 Å². The average Bonchev–Trinajstić information content (AvgIpc) is 2.30. The quantitative estimate of drug-likeness (QED) is 0.813. The van der Waals surface area contributed by atoms with Crippen LogP contribution < -0.4 is 5.32 Å². The van der Waals surface area contributed by atoms with Gasteiger partial charge in [-0.1, -0.05) is 20.3 Å². The first-order valence-corrected chi connectivity index (χ1v) is 7.59. The summed E-state index contributed by atoms with van der Waals surface area (Å²) in [6.45, 7) is 8.68. The van der Waals surface area contributed by atoms with Crippen molar-refractivity contribution in [1.29, 1.82) is 0 Å². The van der Waals surface area contributed by atoms with Crippen molar-refractivity contribution in [3.63, 3.8) is 0 Å². The zero-order valence-electron chi connectivity index (χ0n) is 11.9. The van der Waals surface area contributed by atoms with Gasteiger partial charge in [-0.3, -0.25) is 0 Å². The minimum atomic E-state index is 0.825. The predicted octanol–water partition coefficient (Wildman–Crippen LogP) is 2.74. The second kappa shape index (κ2) is 6.19. The summed E-state index contributed by atoms with van der Waals surface area (Å²) in [7, 11) is 2.36. The van der Waals surface area contributed by atoms with Crippen LogP contribution in [0.3, 0.4) is 0 Å². The fraction of sp³-hybridized carbons (Fsp3) is 1.00. The fourth-order valence-electron chi connectivity index (χ4n) is 4.14. The molecule has 2 nitrogen and oxygen atoms in total. The van der Waals surface area contributed by atoms with Crippen LogP contribution >= 0.6 is 0 Å². The molecule has 0 aromatic rings. The largest absolute Gasteiger partial charge is 0.316 e. The van der Waals surface area contributed by atoms with Crippen LogP contribution in [0.5, 0.6) is 0 Å². The number of hydrogen-bond acceptors (Lipinski definition) is 2. The van der Waals surface area contributed by atoms with E-state index in [4.69, 9.17) is 0 Å². The molecule has 100 valence electrons. The maximum atomic E-state index is 3.54. The van der Waals surface area contributed by atoms with Gasteiger partial charge >= 0.3 is 0 Å². The van der Waals surface area contributed by atoms with Crippen LogP contribution in [0.4, 0.5) is 0 Å². The second-order valence-electron chi connectivity index (χ2n) is 6.53. The lowest BCUT2D eigenvalue weighted by Crippen LogP contribution is -2.47. The van der Waals surface area contributed by atoms with Gasteiger partial charge in [-0.25, -0.2) is 0 Å². The van der Waals surface area contributed by atoms with Crippen molar-refractivity contribution < 1.29 is 0 Å². The lowest BCUT2D eigenvalue weighted by molar-refractivity contribution is 0.0744. The minimum absolute atomic E-state index is 0.825. The molecule has 1 aliphatic carbocycles. The molecule has 0 amide bonds. The third-order valence-corrected chi connectivity index (χ3v) is 4.94. The third-order valence-electron chi connectivity index (χ3n) is 4.94. The van der Waals surface area contributed by atoms with Gasteiger partial charge < -0.3 is 10.2 Å². The van der Waals surface area contributed by atoms with Crippen LogP contribution in [-0.4, -0.2) is 37.6 Å². The fourth-order valence-corrected chi connectivity index (χ4v) is 4.14. The molecular formula is C15H30N2. The highest BCUT2D eigenvalue weighted by Crippen LogP contribution is 2.32. The molecule has 2 fully saturated rings. The Balaban J connectivity index is 1.86. The van der Waals surface area contributed by atoms with E-state index < -0.39 is 0 Å². The van der Waals surface area contributed by atoms with Crippen molar-refractivity contribution in [2.75, 3.05) is 26.7 Å². The lowest BCUT2D eigenvalue weighted by atomic mass is 9.77. The highest BCUT2D eigenvalue weighted by molar-refractivity contribution is 4.85. The summed E-state index contributed by atoms with van der Waals surface area (Å²) in [5.74, 6) is 2.66. The highest BCUT2D eigenvalue weighted by Gasteiger charge is 2.31. The van der Waals surface area contributed by atoms with Gasteiger partial charge in [0.1, 0.15) is 0 Å². The maximum Gasteiger partial charge on any atom is 0.0144 e. The van der Waals surface area contributed by atoms with Gasteiger partial charge in [-0.2, -0.15) is 0 Å². The number of hydrogen-bond donors (Lipinski definition) is 1. The minimum Gasteiger partial charge on any atom is -0.316 e. The Morgan fingerprint density at radius 2 is 1.76 bits per heavy atom. The molecule has 2 rings (SSSR count). The molecule has 0 aromatic heterocycles. The molecule has 0 bridgehead atoms. The normalized spacial score (nSPS) is 39.5. The van der Waals surface area contributed by atoms with E-state index in [1.165, 1.54) is 51.7 Å². The van der Waals surface area contributed by atoms with Gasteiger partial charge in [0.05, 0.1) is 0 Å². The van der Waals surface area contributed by atoms with Gasteiger partial charge in [-0.05, 0) is 63.6 Å². The zero-order valence-corrected chi connectivity index (χ0v) is 11.9. The summed E-state index contributed by atoms with van der Waals surface area (Å²) < 4.78 is 0. The van der Waals surface area contributed by atoms with Crippen LogP contribution in [0.2, 0.25) is 0 Å². The number of nitrogens with zero attached hydrogens (tertiary/aromatic N) is 1. The van der Waals surface area contributed by atoms with Crippen molar-refractivity contribution >= 4 is 0 Å². The van der Waals surface area contributed by atoms with Crippen molar-refractivity contribution in [2.24, 2.45) is 17.8 Å². The first kappa shape index (κ1) is 13.4. The lowest BCUT2D eigenvalue weighted by Gasteiger charge is -2.42. The average molecular weight is 238 g/mol. The summed E-state index contributed by atoms with van der Waals surface area (Å²) >= 11 is 0. The van der Waals surface area contributed by atoms with Crippen molar-refractivity contribution in [3.05, 3.63) is 0 Å². The van der Waals surface area contributed by atoms with Crippen LogP contribution in [0.25, 0.3) is 0 Å². The molecule has 1 saturated carbocycles. The van der Waals surface area contributed by atoms with Crippen molar-refractivity contribution in [3.8, 4) is 0 Å². The number of piperidine rings is 1. The Morgan fingerprint density at radius 1 is 1.06 bits per heavy atom. The Bertz CT molecular complexity index is 213. The van der Waals surface area contributed by atoms with Crippen molar-refractivity contribution in [1.82, 2.24) is 10.2 Å². The van der Waals surface area contributed by atoms with Gasteiger partial charge in [-0.15, -0.1) is 0 Å². The van der Waals surface area contributed by atoms with E-state index in [1.54, 1.807) is 0 Å². The van der Waals surface area contributed by atoms with E-state index in [0.29, 0.717) is 0 Å². The van der Waals surface area contributed by atoms with E-state index in [2.05, 4.69) is 31.1 Å². The monoisotopic (exact) mass is 238 g/mol. The van der Waals surface area contributed by atoms with E-state index in [-0.39, 0.29) is 0 Å². The highest BCUT2D eigenvalue weighted by atomic mass is 15.1. The molecule has 2 aliphatic rings. The summed E-state index contributed by atoms with van der Waals surface area (Å²) in [4.78, 5) is 2.67. The molecule has 1 aliphatic heterocycles. The maximum absolute atomic E-state index is 3.54. The molecule has 3 atom stereocenters. The second-order valence-corrected chi connectivity index (χ2v) is 6.53. The van der Waals surface area contributed by atoms with Crippen LogP contribution in [0, 0.1) is 17.8 Å². The van der Waals surface area contributed by atoms with Crippen LogP contribution in [0.1, 0.15) is 46.0 Å². The van der Waals surface area contributed by atoms with E-state index in [9.17, 15) is 0 Å². The van der Waals surface area contributed by atoms with Crippen LogP contribution in [0.15, 0.2) is 0 Å². The molecule has 1 heterocycles. The summed E-state index contributed by atoms with van der Waals surface area (Å²) in [6, 6.07) is 0.825. The van der Waals surface area contributed by atoms with Gasteiger partial charge in [0.2, 0.25) is 0 Å². The molecular weight excluding hydrogens is 208 g/mol. The molecule has 3 unspecified atom stereocenters. The predicted molar refractivity (Wildman–Crippen MR) is 74.2 cm³/mol. The van der Waals surface area contributed by atoms with E-state index in [0.717, 1.165) is 23.8 Å². The van der Waals surface area contributed by atoms with Gasteiger partial charge in [0.15, 0.2) is 0 Å². The van der Waals surface area contributed by atoms with E-state index in [1.807, 2.05) is 0 Å². The third kappa shape index (κ3) is 3.45. The molecule has 1 N–H and O–H groups in total. The molecule has 0 spiro atoms. The van der Waals surface area contributed by atoms with E-state index >= 15 is 0 Å². The first-order valence-electron chi connectivity index (χ1n) is 7.59. The topological polar surface area (TPSA) is 15.3 Å².